The van der Waals surface area contributed by atoms with Crippen molar-refractivity contribution in [2.45, 2.75) is 43.9 Å². The number of carbonyl (C=O) groups excluding carboxylic acids is 2. The second-order valence-electron chi connectivity index (χ2n) is 7.44. The van der Waals surface area contributed by atoms with E-state index in [1.165, 1.54) is 24.3 Å². The monoisotopic (exact) mass is 430 g/mol. The number of anilines is 1. The van der Waals surface area contributed by atoms with Crippen LogP contribution in [-0.2, 0) is 16.0 Å². The number of aromatic nitrogens is 1. The van der Waals surface area contributed by atoms with E-state index in [0.717, 1.165) is 5.56 Å². The first-order chi connectivity index (χ1) is 15.0. The zero-order valence-corrected chi connectivity index (χ0v) is 17.1. The molecule has 8 nitrogen and oxygen atoms in total. The molecule has 4 N–H and O–H groups in total. The van der Waals surface area contributed by atoms with Crippen molar-refractivity contribution in [3.8, 4) is 0 Å². The lowest BCUT2D eigenvalue weighted by Crippen LogP contribution is -2.52. The predicted octanol–water partition coefficient (Wildman–Crippen LogP) is 2.00. The minimum absolute atomic E-state index is 0.0716. The molecule has 0 spiro atoms. The number of hydrogen-bond acceptors (Lipinski definition) is 5. The molecule has 3 amide bonds. The number of nitrogens with zero attached hydrogens (tertiary/aromatic N) is 1. The molecule has 9 heteroatoms. The first-order valence-electron chi connectivity index (χ1n) is 10.3. The van der Waals surface area contributed by atoms with Gasteiger partial charge in [-0.3, -0.25) is 9.78 Å². The van der Waals surface area contributed by atoms with Gasteiger partial charge in [0.15, 0.2) is 0 Å². The van der Waals surface area contributed by atoms with Gasteiger partial charge < -0.3 is 25.8 Å². The third-order valence-corrected chi connectivity index (χ3v) is 5.12. The highest BCUT2D eigenvalue weighted by molar-refractivity contribution is 5.89. The van der Waals surface area contributed by atoms with Gasteiger partial charge in [-0.05, 0) is 61.2 Å². The van der Waals surface area contributed by atoms with E-state index in [0.29, 0.717) is 37.9 Å². The number of urea groups is 1. The van der Waals surface area contributed by atoms with Gasteiger partial charge in [-0.1, -0.05) is 0 Å². The number of hydrogen-bond donors (Lipinski definition) is 4. The van der Waals surface area contributed by atoms with E-state index in [9.17, 15) is 19.1 Å². The predicted molar refractivity (Wildman–Crippen MR) is 113 cm³/mol. The van der Waals surface area contributed by atoms with E-state index in [4.69, 9.17) is 4.74 Å². The van der Waals surface area contributed by atoms with Crippen LogP contribution in [0.5, 0.6) is 0 Å². The summed E-state index contributed by atoms with van der Waals surface area (Å²) in [6, 6.07) is 8.27. The third kappa shape index (κ3) is 7.30. The summed E-state index contributed by atoms with van der Waals surface area (Å²) in [6.45, 7) is 0.238. The standard InChI is InChI=1S/C22H27FN4O4/c23-16-1-3-17(4-2-16)26-22(30)27-19-6-5-18(31-20(19)14-28)9-12-25-21(29)13-15-7-10-24-11-8-15/h1-4,7-8,10-11,18-20,28H,5-6,9,12-14H2,(H,25,29)(H2,26,27,30)/t18-,19-,20-/m1/s1. The molecule has 1 aliphatic heterocycles. The molecule has 3 atom stereocenters. The molecule has 2 aromatic rings. The molecule has 0 saturated carbocycles. The number of rotatable bonds is 8. The number of aliphatic hydroxyl groups is 1. The molecule has 31 heavy (non-hydrogen) atoms. The first kappa shape index (κ1) is 22.6. The van der Waals surface area contributed by atoms with Crippen molar-refractivity contribution < 1.29 is 23.8 Å². The van der Waals surface area contributed by atoms with Gasteiger partial charge in [0, 0.05) is 24.6 Å². The molecule has 1 aliphatic rings. The Bertz CT molecular complexity index is 850. The number of benzene rings is 1. The maximum Gasteiger partial charge on any atom is 0.319 e. The molecule has 0 radical (unpaired) electrons. The summed E-state index contributed by atoms with van der Waals surface area (Å²) in [5.41, 5.74) is 1.37. The lowest BCUT2D eigenvalue weighted by molar-refractivity contribution is -0.121. The largest absolute Gasteiger partial charge is 0.394 e. The smallest absolute Gasteiger partial charge is 0.319 e. The maximum atomic E-state index is 13.0. The molecule has 3 rings (SSSR count). The van der Waals surface area contributed by atoms with Crippen molar-refractivity contribution in [2.24, 2.45) is 0 Å². The van der Waals surface area contributed by atoms with Crippen molar-refractivity contribution in [1.82, 2.24) is 15.6 Å². The van der Waals surface area contributed by atoms with Gasteiger partial charge in [-0.15, -0.1) is 0 Å². The second-order valence-corrected chi connectivity index (χ2v) is 7.44. The van der Waals surface area contributed by atoms with Crippen LogP contribution in [0.3, 0.4) is 0 Å². The van der Waals surface area contributed by atoms with Crippen LogP contribution in [0.25, 0.3) is 0 Å². The molecule has 2 heterocycles. The Kier molecular flexibility index (Phi) is 8.31. The van der Waals surface area contributed by atoms with Crippen LogP contribution in [0, 0.1) is 5.82 Å². The van der Waals surface area contributed by atoms with Gasteiger partial charge >= 0.3 is 6.03 Å². The summed E-state index contributed by atoms with van der Waals surface area (Å²) in [6.07, 6.45) is 4.89. The van der Waals surface area contributed by atoms with Crippen molar-refractivity contribution in [2.75, 3.05) is 18.5 Å². The summed E-state index contributed by atoms with van der Waals surface area (Å²) in [5, 5.41) is 18.0. The Morgan fingerprint density at radius 2 is 1.87 bits per heavy atom. The van der Waals surface area contributed by atoms with Crippen molar-refractivity contribution in [3.05, 3.63) is 60.2 Å². The molecule has 1 saturated heterocycles. The van der Waals surface area contributed by atoms with Crippen molar-refractivity contribution >= 4 is 17.6 Å². The van der Waals surface area contributed by atoms with E-state index in [1.807, 2.05) is 0 Å². The molecule has 0 aliphatic carbocycles. The minimum atomic E-state index is -0.537. The zero-order chi connectivity index (χ0) is 22.1. The molecule has 1 aromatic heterocycles. The van der Waals surface area contributed by atoms with Crippen LogP contribution < -0.4 is 16.0 Å². The van der Waals surface area contributed by atoms with Crippen LogP contribution >= 0.6 is 0 Å². The highest BCUT2D eigenvalue weighted by Crippen LogP contribution is 2.22. The van der Waals surface area contributed by atoms with Gasteiger partial charge in [0.1, 0.15) is 11.9 Å². The molecule has 0 bridgehead atoms. The highest BCUT2D eigenvalue weighted by atomic mass is 19.1. The average molecular weight is 430 g/mol. The fourth-order valence-corrected chi connectivity index (χ4v) is 3.50. The van der Waals surface area contributed by atoms with Crippen LogP contribution in [0.2, 0.25) is 0 Å². The number of carbonyl (C=O) groups is 2. The normalized spacial score (nSPS) is 20.6. The molecule has 0 unspecified atom stereocenters. The number of pyridine rings is 1. The van der Waals surface area contributed by atoms with E-state index in [1.54, 1.807) is 24.5 Å². The van der Waals surface area contributed by atoms with Crippen LogP contribution in [0.4, 0.5) is 14.9 Å². The Balaban J connectivity index is 1.39. The Morgan fingerprint density at radius 3 is 2.58 bits per heavy atom. The Labute approximate surface area is 180 Å². The summed E-state index contributed by atoms with van der Waals surface area (Å²) in [7, 11) is 0. The average Bonchev–Trinajstić information content (AvgIpc) is 2.77. The van der Waals surface area contributed by atoms with Crippen LogP contribution in [-0.4, -0.2) is 53.4 Å². The summed E-state index contributed by atoms with van der Waals surface area (Å²) < 4.78 is 18.9. The lowest BCUT2D eigenvalue weighted by Gasteiger charge is -2.36. The number of ether oxygens (including phenoxy) is 1. The molecular formula is C22H27FN4O4. The molecule has 166 valence electrons. The fraction of sp³-hybridized carbons (Fsp3) is 0.409. The quantitative estimate of drug-likeness (QED) is 0.512. The second kappa shape index (κ2) is 11.4. The topological polar surface area (TPSA) is 113 Å². The number of nitrogens with one attached hydrogen (secondary N) is 3. The minimum Gasteiger partial charge on any atom is -0.394 e. The summed E-state index contributed by atoms with van der Waals surface area (Å²) in [5.74, 6) is -0.454. The Morgan fingerprint density at radius 1 is 1.13 bits per heavy atom. The molecular weight excluding hydrogens is 403 g/mol. The van der Waals surface area contributed by atoms with Gasteiger partial charge in [0.05, 0.1) is 25.2 Å². The summed E-state index contributed by atoms with van der Waals surface area (Å²) in [4.78, 5) is 28.2. The van der Waals surface area contributed by atoms with Crippen molar-refractivity contribution in [1.29, 1.82) is 0 Å². The van der Waals surface area contributed by atoms with Gasteiger partial charge in [-0.25, -0.2) is 9.18 Å². The fourth-order valence-electron chi connectivity index (χ4n) is 3.50. The number of halogens is 1. The number of amides is 3. The van der Waals surface area contributed by atoms with E-state index >= 15 is 0 Å². The highest BCUT2D eigenvalue weighted by Gasteiger charge is 2.31. The Hall–Kier alpha value is -3.04. The maximum absolute atomic E-state index is 13.0. The van der Waals surface area contributed by atoms with Gasteiger partial charge in [0.25, 0.3) is 0 Å². The van der Waals surface area contributed by atoms with E-state index in [-0.39, 0.29) is 30.5 Å². The van der Waals surface area contributed by atoms with Crippen LogP contribution in [0.1, 0.15) is 24.8 Å². The zero-order valence-electron chi connectivity index (χ0n) is 17.1. The van der Waals surface area contributed by atoms with Gasteiger partial charge in [-0.2, -0.15) is 0 Å². The molecule has 1 fully saturated rings. The van der Waals surface area contributed by atoms with Crippen LogP contribution in [0.15, 0.2) is 48.8 Å². The van der Waals surface area contributed by atoms with Crippen molar-refractivity contribution in [3.63, 3.8) is 0 Å². The van der Waals surface area contributed by atoms with E-state index in [2.05, 4.69) is 20.9 Å². The lowest BCUT2D eigenvalue weighted by atomic mass is 9.97. The third-order valence-electron chi connectivity index (χ3n) is 5.12. The van der Waals surface area contributed by atoms with E-state index < -0.39 is 12.1 Å². The molecule has 1 aromatic carbocycles. The van der Waals surface area contributed by atoms with Gasteiger partial charge in [0.2, 0.25) is 5.91 Å². The summed E-state index contributed by atoms with van der Waals surface area (Å²) >= 11 is 0. The number of aliphatic hydroxyl groups excluding tert-OH is 1. The SMILES string of the molecule is O=C(Cc1ccncc1)NCC[C@H]1CC[C@@H](NC(=O)Nc2ccc(F)cc2)[C@@H](CO)O1. The first-order valence-corrected chi connectivity index (χ1v) is 10.3.